The van der Waals surface area contributed by atoms with Gasteiger partial charge >= 0.3 is 0 Å². The summed E-state index contributed by atoms with van der Waals surface area (Å²) in [5, 5.41) is 0. The second kappa shape index (κ2) is 6.23. The summed E-state index contributed by atoms with van der Waals surface area (Å²) >= 11 is 2.41. The lowest BCUT2D eigenvalue weighted by Crippen LogP contribution is -2.35. The first-order valence-electron chi connectivity index (χ1n) is 4.47. The fourth-order valence-electron chi connectivity index (χ4n) is 1.18. The SMILES string of the molecule is CCCCC(C)(N)CCCI. The summed E-state index contributed by atoms with van der Waals surface area (Å²) in [7, 11) is 0. The monoisotopic (exact) mass is 269 g/mol. The zero-order chi connectivity index (χ0) is 8.74. The minimum atomic E-state index is 0.0984. The van der Waals surface area contributed by atoms with Gasteiger partial charge in [0.05, 0.1) is 0 Å². The molecule has 0 aliphatic carbocycles. The Labute approximate surface area is 84.3 Å². The number of halogens is 1. The Balaban J connectivity index is 3.43. The van der Waals surface area contributed by atoms with Gasteiger partial charge in [0.15, 0.2) is 0 Å². The number of unbranched alkanes of at least 4 members (excludes halogenated alkanes) is 1. The molecule has 0 saturated carbocycles. The van der Waals surface area contributed by atoms with Crippen molar-refractivity contribution >= 4 is 22.6 Å². The lowest BCUT2D eigenvalue weighted by atomic mass is 9.91. The molecule has 2 heteroatoms. The van der Waals surface area contributed by atoms with Crippen LogP contribution < -0.4 is 5.73 Å². The topological polar surface area (TPSA) is 26.0 Å². The molecule has 0 spiro atoms. The van der Waals surface area contributed by atoms with Crippen molar-refractivity contribution in [3.8, 4) is 0 Å². The summed E-state index contributed by atoms with van der Waals surface area (Å²) in [4.78, 5) is 0. The Morgan fingerprint density at radius 2 is 1.82 bits per heavy atom. The van der Waals surface area contributed by atoms with Gasteiger partial charge in [0.2, 0.25) is 0 Å². The molecular formula is C9H20IN. The largest absolute Gasteiger partial charge is 0.325 e. The maximum atomic E-state index is 6.09. The van der Waals surface area contributed by atoms with E-state index in [1.807, 2.05) is 0 Å². The molecule has 2 N–H and O–H groups in total. The molecule has 1 atom stereocenters. The smallest absolute Gasteiger partial charge is 0.0126 e. The van der Waals surface area contributed by atoms with Crippen LogP contribution in [0.5, 0.6) is 0 Å². The van der Waals surface area contributed by atoms with E-state index in [-0.39, 0.29) is 5.54 Å². The van der Waals surface area contributed by atoms with Crippen molar-refractivity contribution in [1.29, 1.82) is 0 Å². The Bertz CT molecular complexity index is 81.6. The fourth-order valence-corrected chi connectivity index (χ4v) is 1.56. The normalized spacial score (nSPS) is 16.4. The second-order valence-corrected chi connectivity index (χ2v) is 4.63. The molecule has 0 aliphatic rings. The third kappa shape index (κ3) is 7.06. The van der Waals surface area contributed by atoms with Crippen molar-refractivity contribution in [3.05, 3.63) is 0 Å². The van der Waals surface area contributed by atoms with Crippen molar-refractivity contribution < 1.29 is 0 Å². The first-order valence-corrected chi connectivity index (χ1v) is 6.00. The Hall–Kier alpha value is 0.690. The Kier molecular flexibility index (Phi) is 6.62. The summed E-state index contributed by atoms with van der Waals surface area (Å²) < 4.78 is 1.23. The molecule has 0 heterocycles. The summed E-state index contributed by atoms with van der Waals surface area (Å²) in [6.07, 6.45) is 6.15. The van der Waals surface area contributed by atoms with Gasteiger partial charge in [0.25, 0.3) is 0 Å². The Morgan fingerprint density at radius 3 is 2.27 bits per heavy atom. The molecule has 0 aromatic carbocycles. The van der Waals surface area contributed by atoms with Gasteiger partial charge in [-0.3, -0.25) is 0 Å². The van der Waals surface area contributed by atoms with Crippen LogP contribution in [0.3, 0.4) is 0 Å². The van der Waals surface area contributed by atoms with Crippen molar-refractivity contribution in [3.63, 3.8) is 0 Å². The predicted octanol–water partition coefficient (Wildman–Crippen LogP) is 3.11. The summed E-state index contributed by atoms with van der Waals surface area (Å²) in [5.74, 6) is 0. The van der Waals surface area contributed by atoms with Gasteiger partial charge < -0.3 is 5.73 Å². The number of nitrogens with two attached hydrogens (primary N) is 1. The molecule has 0 amide bonds. The molecule has 0 aliphatic heterocycles. The molecule has 68 valence electrons. The van der Waals surface area contributed by atoms with Crippen molar-refractivity contribution in [2.75, 3.05) is 4.43 Å². The minimum Gasteiger partial charge on any atom is -0.325 e. The molecule has 11 heavy (non-hydrogen) atoms. The predicted molar refractivity (Wildman–Crippen MR) is 60.2 cm³/mol. The first-order chi connectivity index (χ1) is 5.12. The van der Waals surface area contributed by atoms with Gasteiger partial charge in [0, 0.05) is 5.54 Å². The molecule has 0 saturated heterocycles. The highest BCUT2D eigenvalue weighted by Crippen LogP contribution is 2.17. The maximum Gasteiger partial charge on any atom is 0.0126 e. The number of hydrogen-bond donors (Lipinski definition) is 1. The second-order valence-electron chi connectivity index (χ2n) is 3.55. The van der Waals surface area contributed by atoms with Crippen LogP contribution in [0, 0.1) is 0 Å². The van der Waals surface area contributed by atoms with Gasteiger partial charge in [-0.25, -0.2) is 0 Å². The van der Waals surface area contributed by atoms with Gasteiger partial charge in [-0.05, 0) is 30.6 Å². The van der Waals surface area contributed by atoms with Crippen molar-refractivity contribution in [2.24, 2.45) is 5.73 Å². The third-order valence-electron chi connectivity index (χ3n) is 1.98. The lowest BCUT2D eigenvalue weighted by molar-refractivity contribution is 0.386. The van der Waals surface area contributed by atoms with Crippen LogP contribution in [0.1, 0.15) is 46.0 Å². The zero-order valence-corrected chi connectivity index (χ0v) is 9.86. The number of hydrogen-bond acceptors (Lipinski definition) is 1. The highest BCUT2D eigenvalue weighted by molar-refractivity contribution is 14.1. The quantitative estimate of drug-likeness (QED) is 0.582. The maximum absolute atomic E-state index is 6.09. The molecule has 0 aromatic rings. The van der Waals surface area contributed by atoms with E-state index < -0.39 is 0 Å². The van der Waals surface area contributed by atoms with E-state index in [0.29, 0.717) is 0 Å². The van der Waals surface area contributed by atoms with E-state index in [9.17, 15) is 0 Å². The highest BCUT2D eigenvalue weighted by Gasteiger charge is 2.15. The van der Waals surface area contributed by atoms with Crippen LogP contribution in [0.2, 0.25) is 0 Å². The minimum absolute atomic E-state index is 0.0984. The van der Waals surface area contributed by atoms with Gasteiger partial charge in [-0.2, -0.15) is 0 Å². The van der Waals surface area contributed by atoms with Crippen LogP contribution in [0.25, 0.3) is 0 Å². The van der Waals surface area contributed by atoms with Gasteiger partial charge in [0.1, 0.15) is 0 Å². The average molecular weight is 269 g/mol. The zero-order valence-electron chi connectivity index (χ0n) is 7.70. The Morgan fingerprint density at radius 1 is 1.27 bits per heavy atom. The van der Waals surface area contributed by atoms with Crippen LogP contribution in [0.4, 0.5) is 0 Å². The van der Waals surface area contributed by atoms with Crippen LogP contribution in [-0.4, -0.2) is 9.97 Å². The van der Waals surface area contributed by atoms with Gasteiger partial charge in [-0.15, -0.1) is 0 Å². The van der Waals surface area contributed by atoms with Crippen LogP contribution in [-0.2, 0) is 0 Å². The average Bonchev–Trinajstić information content (AvgIpc) is 1.97. The summed E-state index contributed by atoms with van der Waals surface area (Å²) in [6.45, 7) is 4.39. The lowest BCUT2D eigenvalue weighted by Gasteiger charge is -2.23. The van der Waals surface area contributed by atoms with Crippen LogP contribution >= 0.6 is 22.6 Å². The molecule has 0 fully saturated rings. The standard InChI is InChI=1S/C9H20IN/c1-3-4-6-9(2,11)7-5-8-10/h3-8,11H2,1-2H3. The first kappa shape index (κ1) is 11.7. The molecule has 1 nitrogen and oxygen atoms in total. The fraction of sp³-hybridized carbons (Fsp3) is 1.00. The van der Waals surface area contributed by atoms with E-state index in [4.69, 9.17) is 5.73 Å². The summed E-state index contributed by atoms with van der Waals surface area (Å²) in [6, 6.07) is 0. The van der Waals surface area contributed by atoms with E-state index in [0.717, 1.165) is 0 Å². The van der Waals surface area contributed by atoms with Gasteiger partial charge in [-0.1, -0.05) is 42.4 Å². The van der Waals surface area contributed by atoms with E-state index in [2.05, 4.69) is 36.4 Å². The molecular weight excluding hydrogens is 249 g/mol. The van der Waals surface area contributed by atoms with E-state index in [1.54, 1.807) is 0 Å². The third-order valence-corrected chi connectivity index (χ3v) is 2.75. The molecule has 0 bridgehead atoms. The number of alkyl halides is 1. The summed E-state index contributed by atoms with van der Waals surface area (Å²) in [5.41, 5.74) is 6.18. The van der Waals surface area contributed by atoms with Crippen molar-refractivity contribution in [2.45, 2.75) is 51.5 Å². The molecule has 0 aromatic heterocycles. The van der Waals surface area contributed by atoms with Crippen molar-refractivity contribution in [1.82, 2.24) is 0 Å². The molecule has 0 radical (unpaired) electrons. The highest BCUT2D eigenvalue weighted by atomic mass is 127. The van der Waals surface area contributed by atoms with E-state index >= 15 is 0 Å². The molecule has 1 unspecified atom stereocenters. The van der Waals surface area contributed by atoms with E-state index in [1.165, 1.54) is 36.5 Å². The number of rotatable bonds is 6. The molecule has 0 rings (SSSR count). The van der Waals surface area contributed by atoms with Crippen LogP contribution in [0.15, 0.2) is 0 Å².